The van der Waals surface area contributed by atoms with Crippen LogP contribution in [0.15, 0.2) is 0 Å². The van der Waals surface area contributed by atoms with Gasteiger partial charge in [0.2, 0.25) is 0 Å². The van der Waals surface area contributed by atoms with Gasteiger partial charge in [0.25, 0.3) is 0 Å². The smallest absolute Gasteiger partial charge is 0.134 e. The van der Waals surface area contributed by atoms with Crippen LogP contribution in [0.3, 0.4) is 0 Å². The highest BCUT2D eigenvalue weighted by atomic mass is 16.1. The Balaban J connectivity index is 2.07. The van der Waals surface area contributed by atoms with Gasteiger partial charge in [-0.15, -0.1) is 0 Å². The molecular weight excluding hydrogens is 126 g/mol. The van der Waals surface area contributed by atoms with Crippen molar-refractivity contribution >= 4 is 5.78 Å². The second kappa shape index (κ2) is 3.15. The molecule has 0 bridgehead atoms. The quantitative estimate of drug-likeness (QED) is 0.633. The zero-order chi connectivity index (χ0) is 7.56. The highest BCUT2D eigenvalue weighted by Crippen LogP contribution is 2.40. The van der Waals surface area contributed by atoms with E-state index >= 15 is 0 Å². The number of ketones is 1. The minimum Gasteiger partial charge on any atom is -0.330 e. The van der Waals surface area contributed by atoms with Gasteiger partial charge in [0.1, 0.15) is 5.78 Å². The molecule has 1 aliphatic carbocycles. The standard InChI is InChI=1S/C8H15NO/c1-6-4-7(6)5-8(10)2-3-9/h6-7H,2-5,9H2,1H3. The van der Waals surface area contributed by atoms with Gasteiger partial charge >= 0.3 is 0 Å². The molecule has 2 nitrogen and oxygen atoms in total. The van der Waals surface area contributed by atoms with Gasteiger partial charge in [0.15, 0.2) is 0 Å². The van der Waals surface area contributed by atoms with Gasteiger partial charge in [-0.1, -0.05) is 6.92 Å². The Morgan fingerprint density at radius 1 is 1.70 bits per heavy atom. The van der Waals surface area contributed by atoms with Crippen LogP contribution in [0.1, 0.15) is 26.2 Å². The summed E-state index contributed by atoms with van der Waals surface area (Å²) in [5.41, 5.74) is 5.24. The molecule has 1 saturated carbocycles. The van der Waals surface area contributed by atoms with Crippen LogP contribution in [0.25, 0.3) is 0 Å². The summed E-state index contributed by atoms with van der Waals surface area (Å²) in [4.78, 5) is 11.0. The van der Waals surface area contributed by atoms with E-state index in [1.165, 1.54) is 6.42 Å². The van der Waals surface area contributed by atoms with Gasteiger partial charge in [0, 0.05) is 12.8 Å². The predicted octanol–water partition coefficient (Wildman–Crippen LogP) is 0.950. The van der Waals surface area contributed by atoms with Crippen LogP contribution in [0.5, 0.6) is 0 Å². The van der Waals surface area contributed by atoms with E-state index in [9.17, 15) is 4.79 Å². The zero-order valence-corrected chi connectivity index (χ0v) is 6.47. The van der Waals surface area contributed by atoms with Crippen molar-refractivity contribution in [3.63, 3.8) is 0 Å². The Kier molecular flexibility index (Phi) is 2.44. The van der Waals surface area contributed by atoms with Crippen molar-refractivity contribution in [2.45, 2.75) is 26.2 Å². The van der Waals surface area contributed by atoms with E-state index < -0.39 is 0 Å². The first-order valence-corrected chi connectivity index (χ1v) is 3.95. The molecule has 0 saturated heterocycles. The predicted molar refractivity (Wildman–Crippen MR) is 40.6 cm³/mol. The lowest BCUT2D eigenvalue weighted by Crippen LogP contribution is -2.08. The Labute approximate surface area is 61.8 Å². The molecule has 2 heteroatoms. The van der Waals surface area contributed by atoms with E-state index in [0.717, 1.165) is 12.3 Å². The summed E-state index contributed by atoms with van der Waals surface area (Å²) in [5, 5.41) is 0. The molecule has 1 aliphatic rings. The Bertz CT molecular complexity index is 133. The third-order valence-corrected chi connectivity index (χ3v) is 2.19. The van der Waals surface area contributed by atoms with Gasteiger partial charge in [-0.3, -0.25) is 4.79 Å². The molecule has 1 rings (SSSR count). The number of nitrogens with two attached hydrogens (primary N) is 1. The monoisotopic (exact) mass is 141 g/mol. The van der Waals surface area contributed by atoms with E-state index in [-0.39, 0.29) is 0 Å². The Morgan fingerprint density at radius 3 is 2.70 bits per heavy atom. The maximum absolute atomic E-state index is 11.0. The summed E-state index contributed by atoms with van der Waals surface area (Å²) in [7, 11) is 0. The van der Waals surface area contributed by atoms with Gasteiger partial charge in [-0.05, 0) is 24.8 Å². The summed E-state index contributed by atoms with van der Waals surface area (Å²) in [6.07, 6.45) is 2.60. The SMILES string of the molecule is CC1CC1CC(=O)CCN. The highest BCUT2D eigenvalue weighted by molar-refractivity contribution is 5.79. The van der Waals surface area contributed by atoms with Crippen LogP contribution in [0.2, 0.25) is 0 Å². The third kappa shape index (κ3) is 2.10. The van der Waals surface area contributed by atoms with Crippen LogP contribution in [-0.2, 0) is 4.79 Å². The molecule has 0 aromatic rings. The van der Waals surface area contributed by atoms with Gasteiger partial charge < -0.3 is 5.73 Å². The molecule has 0 radical (unpaired) electrons. The maximum atomic E-state index is 11.0. The van der Waals surface area contributed by atoms with E-state index in [4.69, 9.17) is 5.73 Å². The number of hydrogen-bond donors (Lipinski definition) is 1. The van der Waals surface area contributed by atoms with Crippen molar-refractivity contribution in [1.29, 1.82) is 0 Å². The topological polar surface area (TPSA) is 43.1 Å². The fraction of sp³-hybridized carbons (Fsp3) is 0.875. The molecule has 0 amide bonds. The molecule has 0 heterocycles. The molecule has 0 aliphatic heterocycles. The zero-order valence-electron chi connectivity index (χ0n) is 6.47. The number of hydrogen-bond acceptors (Lipinski definition) is 2. The van der Waals surface area contributed by atoms with Crippen molar-refractivity contribution in [3.8, 4) is 0 Å². The minimum atomic E-state index is 0.344. The van der Waals surface area contributed by atoms with Crippen LogP contribution in [0.4, 0.5) is 0 Å². The van der Waals surface area contributed by atoms with Crippen molar-refractivity contribution < 1.29 is 4.79 Å². The summed E-state index contributed by atoms with van der Waals surface area (Å²) < 4.78 is 0. The largest absolute Gasteiger partial charge is 0.330 e. The minimum absolute atomic E-state index is 0.344. The van der Waals surface area contributed by atoms with Gasteiger partial charge in [0.05, 0.1) is 0 Å². The average molecular weight is 141 g/mol. The molecule has 2 atom stereocenters. The number of Topliss-reactive ketones (excluding diaryl/α,β-unsaturated/α-hetero) is 1. The summed E-state index contributed by atoms with van der Waals surface area (Å²) in [5.74, 6) is 1.83. The van der Waals surface area contributed by atoms with Crippen molar-refractivity contribution in [3.05, 3.63) is 0 Å². The molecule has 1 fully saturated rings. The fourth-order valence-corrected chi connectivity index (χ4v) is 1.24. The third-order valence-electron chi connectivity index (χ3n) is 2.19. The lowest BCUT2D eigenvalue weighted by Gasteiger charge is -1.94. The van der Waals surface area contributed by atoms with E-state index in [1.54, 1.807) is 0 Å². The lowest BCUT2D eigenvalue weighted by molar-refractivity contribution is -0.119. The second-order valence-electron chi connectivity index (χ2n) is 3.25. The molecule has 0 aromatic carbocycles. The Morgan fingerprint density at radius 2 is 2.30 bits per heavy atom. The fourth-order valence-electron chi connectivity index (χ4n) is 1.24. The van der Waals surface area contributed by atoms with Gasteiger partial charge in [-0.25, -0.2) is 0 Å². The van der Waals surface area contributed by atoms with E-state index in [0.29, 0.717) is 24.7 Å². The van der Waals surface area contributed by atoms with Crippen molar-refractivity contribution in [2.75, 3.05) is 6.54 Å². The lowest BCUT2D eigenvalue weighted by atomic mass is 10.1. The van der Waals surface area contributed by atoms with Crippen molar-refractivity contribution in [2.24, 2.45) is 17.6 Å². The average Bonchev–Trinajstić information content (AvgIpc) is 2.47. The number of carbonyl (C=O) groups excluding carboxylic acids is 1. The molecule has 2 N–H and O–H groups in total. The second-order valence-corrected chi connectivity index (χ2v) is 3.25. The summed E-state index contributed by atoms with van der Waals surface area (Å²) in [6, 6.07) is 0. The summed E-state index contributed by atoms with van der Waals surface area (Å²) in [6.45, 7) is 2.71. The van der Waals surface area contributed by atoms with Crippen LogP contribution < -0.4 is 5.73 Å². The summed E-state index contributed by atoms with van der Waals surface area (Å²) >= 11 is 0. The van der Waals surface area contributed by atoms with E-state index in [1.807, 2.05) is 0 Å². The van der Waals surface area contributed by atoms with E-state index in [2.05, 4.69) is 6.92 Å². The van der Waals surface area contributed by atoms with Crippen molar-refractivity contribution in [1.82, 2.24) is 0 Å². The first-order valence-electron chi connectivity index (χ1n) is 3.95. The molecule has 0 aromatic heterocycles. The molecule has 10 heavy (non-hydrogen) atoms. The molecule has 2 unspecified atom stereocenters. The normalized spacial score (nSPS) is 30.2. The highest BCUT2D eigenvalue weighted by Gasteiger charge is 2.33. The first kappa shape index (κ1) is 7.73. The van der Waals surface area contributed by atoms with Crippen LogP contribution in [-0.4, -0.2) is 12.3 Å². The molecular formula is C8H15NO. The van der Waals surface area contributed by atoms with Gasteiger partial charge in [-0.2, -0.15) is 0 Å². The number of carbonyl (C=O) groups is 1. The maximum Gasteiger partial charge on any atom is 0.134 e. The van der Waals surface area contributed by atoms with Crippen LogP contribution >= 0.6 is 0 Å². The molecule has 58 valence electrons. The molecule has 0 spiro atoms. The number of rotatable bonds is 4. The first-order chi connectivity index (χ1) is 4.74. The Hall–Kier alpha value is -0.370. The van der Waals surface area contributed by atoms with Crippen LogP contribution in [0, 0.1) is 11.8 Å².